The fraction of sp³-hybridized carbons (Fsp3) is 0.250. The van der Waals surface area contributed by atoms with E-state index in [1.165, 1.54) is 0 Å². The molecule has 0 fully saturated rings. The van der Waals surface area contributed by atoms with Gasteiger partial charge in [-0.1, -0.05) is 17.7 Å². The molecule has 0 radical (unpaired) electrons. The summed E-state index contributed by atoms with van der Waals surface area (Å²) in [5, 5.41) is 0.453. The molecule has 2 aromatic heterocycles. The van der Waals surface area contributed by atoms with E-state index in [4.69, 9.17) is 16.0 Å². The van der Waals surface area contributed by atoms with E-state index in [2.05, 4.69) is 4.98 Å². The zero-order valence-corrected chi connectivity index (χ0v) is 9.90. The van der Waals surface area contributed by atoms with Crippen LogP contribution in [0.2, 0.25) is 5.15 Å². The average molecular weight is 255 g/mol. The van der Waals surface area contributed by atoms with Crippen molar-refractivity contribution in [2.45, 2.75) is 6.54 Å². The molecule has 17 heavy (non-hydrogen) atoms. The summed E-state index contributed by atoms with van der Waals surface area (Å²) in [6, 6.07) is 5.40. The Labute approximate surface area is 104 Å². The van der Waals surface area contributed by atoms with E-state index in [1.54, 1.807) is 30.9 Å². The van der Waals surface area contributed by atoms with Gasteiger partial charge in [-0.25, -0.2) is 9.37 Å². The molecule has 0 unspecified atom stereocenters. The molecule has 0 aliphatic heterocycles. The standard InChI is InChI=1S/C12H12ClFN2O/c13-12-2-1-10(7-15-12)8-16(5-4-14)11-3-6-17-9-11/h1-3,6-7,9H,4-5,8H2. The van der Waals surface area contributed by atoms with Crippen LogP contribution >= 0.6 is 11.6 Å². The Hall–Kier alpha value is -1.55. The van der Waals surface area contributed by atoms with E-state index in [-0.39, 0.29) is 0 Å². The summed E-state index contributed by atoms with van der Waals surface area (Å²) in [4.78, 5) is 5.88. The molecule has 0 aliphatic rings. The van der Waals surface area contributed by atoms with Crippen molar-refractivity contribution >= 4 is 17.3 Å². The third kappa shape index (κ3) is 3.20. The Balaban J connectivity index is 2.10. The van der Waals surface area contributed by atoms with Gasteiger partial charge in [-0.05, 0) is 17.7 Å². The zero-order valence-electron chi connectivity index (χ0n) is 9.14. The molecule has 0 N–H and O–H groups in total. The molecule has 0 amide bonds. The highest BCUT2D eigenvalue weighted by Gasteiger charge is 2.08. The van der Waals surface area contributed by atoms with Gasteiger partial charge in [-0.2, -0.15) is 0 Å². The molecule has 0 spiro atoms. The number of alkyl halides is 1. The fourth-order valence-electron chi connectivity index (χ4n) is 1.56. The zero-order chi connectivity index (χ0) is 12.1. The van der Waals surface area contributed by atoms with Crippen LogP contribution in [0.4, 0.5) is 10.1 Å². The first-order chi connectivity index (χ1) is 8.29. The average Bonchev–Trinajstić information content (AvgIpc) is 2.85. The lowest BCUT2D eigenvalue weighted by Crippen LogP contribution is -2.24. The van der Waals surface area contributed by atoms with E-state index in [0.29, 0.717) is 18.2 Å². The predicted molar refractivity (Wildman–Crippen MR) is 65.0 cm³/mol. The summed E-state index contributed by atoms with van der Waals surface area (Å²) in [7, 11) is 0. The second-order valence-electron chi connectivity index (χ2n) is 3.58. The minimum Gasteiger partial charge on any atom is -0.470 e. The molecule has 3 nitrogen and oxygen atoms in total. The molecule has 2 aromatic rings. The second-order valence-corrected chi connectivity index (χ2v) is 3.97. The van der Waals surface area contributed by atoms with Crippen LogP contribution in [0.25, 0.3) is 0 Å². The van der Waals surface area contributed by atoms with Gasteiger partial charge in [0.15, 0.2) is 0 Å². The minimum absolute atomic E-state index is 0.322. The van der Waals surface area contributed by atoms with Gasteiger partial charge in [0.2, 0.25) is 0 Å². The fourth-order valence-corrected chi connectivity index (χ4v) is 1.67. The van der Waals surface area contributed by atoms with Crippen LogP contribution in [0.15, 0.2) is 41.3 Å². The van der Waals surface area contributed by atoms with Crippen molar-refractivity contribution in [3.05, 3.63) is 47.6 Å². The third-order valence-corrected chi connectivity index (χ3v) is 2.61. The van der Waals surface area contributed by atoms with Gasteiger partial charge < -0.3 is 9.32 Å². The second kappa shape index (κ2) is 5.68. The van der Waals surface area contributed by atoms with Crippen LogP contribution in [0, 0.1) is 0 Å². The first-order valence-electron chi connectivity index (χ1n) is 5.23. The monoisotopic (exact) mass is 254 g/mol. The Morgan fingerprint density at radius 1 is 1.35 bits per heavy atom. The summed E-state index contributed by atoms with van der Waals surface area (Å²) < 4.78 is 17.5. The van der Waals surface area contributed by atoms with E-state index < -0.39 is 6.67 Å². The van der Waals surface area contributed by atoms with Gasteiger partial charge in [-0.15, -0.1) is 0 Å². The Morgan fingerprint density at radius 2 is 2.24 bits per heavy atom. The summed E-state index contributed by atoms with van der Waals surface area (Å²) in [6.07, 6.45) is 4.85. The number of hydrogen-bond acceptors (Lipinski definition) is 3. The molecule has 2 rings (SSSR count). The van der Waals surface area contributed by atoms with Crippen molar-refractivity contribution in [2.24, 2.45) is 0 Å². The number of halogens is 2. The lowest BCUT2D eigenvalue weighted by atomic mass is 10.2. The maximum Gasteiger partial charge on any atom is 0.129 e. The Kier molecular flexibility index (Phi) is 3.98. The molecule has 0 aromatic carbocycles. The lowest BCUT2D eigenvalue weighted by Gasteiger charge is -2.21. The van der Waals surface area contributed by atoms with Gasteiger partial charge >= 0.3 is 0 Å². The number of nitrogens with zero attached hydrogens (tertiary/aromatic N) is 2. The number of aromatic nitrogens is 1. The van der Waals surface area contributed by atoms with E-state index in [1.807, 2.05) is 11.0 Å². The highest BCUT2D eigenvalue weighted by atomic mass is 35.5. The van der Waals surface area contributed by atoms with E-state index in [9.17, 15) is 4.39 Å². The van der Waals surface area contributed by atoms with Gasteiger partial charge in [0, 0.05) is 19.3 Å². The molecular formula is C12H12ClFN2O. The number of pyridine rings is 1. The van der Waals surface area contributed by atoms with Crippen LogP contribution in [0.1, 0.15) is 5.56 Å². The summed E-state index contributed by atoms with van der Waals surface area (Å²) in [6.45, 7) is 0.488. The van der Waals surface area contributed by atoms with Crippen molar-refractivity contribution in [1.29, 1.82) is 0 Å². The SMILES string of the molecule is FCCN(Cc1ccc(Cl)nc1)c1ccoc1. The largest absolute Gasteiger partial charge is 0.470 e. The number of furan rings is 1. The van der Waals surface area contributed by atoms with Crippen LogP contribution in [0.3, 0.4) is 0 Å². The molecule has 90 valence electrons. The van der Waals surface area contributed by atoms with Crippen molar-refractivity contribution < 1.29 is 8.81 Å². The molecule has 0 bridgehead atoms. The highest BCUT2D eigenvalue weighted by Crippen LogP contribution is 2.17. The summed E-state index contributed by atoms with van der Waals surface area (Å²) >= 11 is 5.71. The molecule has 0 aliphatic carbocycles. The normalized spacial score (nSPS) is 10.5. The Morgan fingerprint density at radius 3 is 2.82 bits per heavy atom. The van der Waals surface area contributed by atoms with E-state index >= 15 is 0 Å². The maximum absolute atomic E-state index is 12.5. The molecular weight excluding hydrogens is 243 g/mol. The van der Waals surface area contributed by atoms with E-state index in [0.717, 1.165) is 11.3 Å². The minimum atomic E-state index is -0.411. The Bertz CT molecular complexity index is 444. The van der Waals surface area contributed by atoms with Crippen LogP contribution in [-0.4, -0.2) is 18.2 Å². The number of rotatable bonds is 5. The smallest absolute Gasteiger partial charge is 0.129 e. The van der Waals surface area contributed by atoms with Crippen molar-refractivity contribution in [3.8, 4) is 0 Å². The topological polar surface area (TPSA) is 29.3 Å². The van der Waals surface area contributed by atoms with Crippen LogP contribution in [-0.2, 0) is 6.54 Å². The van der Waals surface area contributed by atoms with Crippen LogP contribution < -0.4 is 4.90 Å². The van der Waals surface area contributed by atoms with Crippen molar-refractivity contribution in [1.82, 2.24) is 4.98 Å². The first-order valence-corrected chi connectivity index (χ1v) is 5.61. The predicted octanol–water partition coefficient (Wildman–Crippen LogP) is 3.30. The van der Waals surface area contributed by atoms with Crippen LogP contribution in [0.5, 0.6) is 0 Å². The van der Waals surface area contributed by atoms with Gasteiger partial charge in [0.05, 0.1) is 12.0 Å². The molecule has 0 atom stereocenters. The lowest BCUT2D eigenvalue weighted by molar-refractivity contribution is 0.488. The van der Waals surface area contributed by atoms with Gasteiger partial charge in [-0.3, -0.25) is 0 Å². The molecule has 0 saturated carbocycles. The molecule has 5 heteroatoms. The third-order valence-electron chi connectivity index (χ3n) is 2.39. The summed E-state index contributed by atoms with van der Waals surface area (Å²) in [5.74, 6) is 0. The number of hydrogen-bond donors (Lipinski definition) is 0. The molecule has 0 saturated heterocycles. The molecule has 2 heterocycles. The maximum atomic E-state index is 12.5. The summed E-state index contributed by atoms with van der Waals surface area (Å²) in [5.41, 5.74) is 1.83. The van der Waals surface area contributed by atoms with Gasteiger partial charge in [0.25, 0.3) is 0 Å². The highest BCUT2D eigenvalue weighted by molar-refractivity contribution is 6.29. The van der Waals surface area contributed by atoms with Gasteiger partial charge in [0.1, 0.15) is 18.1 Å². The van der Waals surface area contributed by atoms with Crippen molar-refractivity contribution in [3.63, 3.8) is 0 Å². The first kappa shape index (κ1) is 11.9. The quantitative estimate of drug-likeness (QED) is 0.767. The van der Waals surface area contributed by atoms with Crippen molar-refractivity contribution in [2.75, 3.05) is 18.1 Å². The number of anilines is 1.